The number of hydrazine groups is 1. The zero-order valence-electron chi connectivity index (χ0n) is 17.7. The molecule has 0 radical (unpaired) electrons. The van der Waals surface area contributed by atoms with Crippen LogP contribution in [-0.2, 0) is 20.8 Å². The lowest BCUT2D eigenvalue weighted by Crippen LogP contribution is -2.65. The molecule has 1 saturated carbocycles. The van der Waals surface area contributed by atoms with E-state index < -0.39 is 63.8 Å². The molecule has 1 aromatic rings. The van der Waals surface area contributed by atoms with E-state index in [1.54, 1.807) is 0 Å². The summed E-state index contributed by atoms with van der Waals surface area (Å²) >= 11 is 6.16. The topological polar surface area (TPSA) is 199 Å². The van der Waals surface area contributed by atoms with Gasteiger partial charge >= 0.3 is 0 Å². The molecule has 3 aliphatic carbocycles. The Kier molecular flexibility index (Phi) is 5.21. The molecule has 0 aromatic heterocycles. The first-order valence-electron chi connectivity index (χ1n) is 10.0. The first-order valence-corrected chi connectivity index (χ1v) is 10.4. The van der Waals surface area contributed by atoms with Crippen molar-refractivity contribution >= 4 is 40.5 Å². The number of primary amides is 1. The van der Waals surface area contributed by atoms with Crippen LogP contribution >= 0.6 is 11.6 Å². The number of benzene rings is 1. The molecule has 0 bridgehead atoms. The van der Waals surface area contributed by atoms with Gasteiger partial charge in [-0.15, -0.1) is 0 Å². The second-order valence-electron chi connectivity index (χ2n) is 8.72. The number of anilines is 1. The third-order valence-electron chi connectivity index (χ3n) is 6.81. The zero-order valence-corrected chi connectivity index (χ0v) is 18.5. The third kappa shape index (κ3) is 2.90. The maximum Gasteiger partial charge on any atom is 0.255 e. The van der Waals surface area contributed by atoms with Crippen LogP contribution in [0.2, 0.25) is 5.02 Å². The summed E-state index contributed by atoms with van der Waals surface area (Å²) in [5, 5.41) is 44.0. The first kappa shape index (κ1) is 23.1. The number of aliphatic hydroxyl groups is 3. The van der Waals surface area contributed by atoms with Crippen LogP contribution in [0.1, 0.15) is 17.5 Å². The second kappa shape index (κ2) is 7.45. The highest BCUT2D eigenvalue weighted by atomic mass is 35.5. The normalized spacial score (nSPS) is 29.1. The Labute approximate surface area is 192 Å². The van der Waals surface area contributed by atoms with Crippen molar-refractivity contribution < 1.29 is 34.8 Å². The molecular formula is C21H23ClN4O7. The molecule has 12 heteroatoms. The van der Waals surface area contributed by atoms with Gasteiger partial charge < -0.3 is 31.6 Å². The van der Waals surface area contributed by atoms with Crippen molar-refractivity contribution in [3.05, 3.63) is 39.1 Å². The molecule has 0 saturated heterocycles. The number of nitrogens with zero attached hydrogens (tertiary/aromatic N) is 1. The Morgan fingerprint density at radius 3 is 2.45 bits per heavy atom. The Morgan fingerprint density at radius 1 is 1.27 bits per heavy atom. The number of carbonyl (C=O) groups excluding carboxylic acids is 3. The molecule has 0 heterocycles. The molecule has 4 atom stereocenters. The van der Waals surface area contributed by atoms with Gasteiger partial charge in [0.25, 0.3) is 5.91 Å². The van der Waals surface area contributed by atoms with E-state index in [1.807, 2.05) is 0 Å². The van der Waals surface area contributed by atoms with Gasteiger partial charge in [-0.05, 0) is 44.5 Å². The first-order chi connectivity index (χ1) is 15.4. The molecule has 176 valence electrons. The number of hydrogen-bond donors (Lipinski definition) is 7. The van der Waals surface area contributed by atoms with Crippen molar-refractivity contribution in [2.24, 2.45) is 23.4 Å². The van der Waals surface area contributed by atoms with E-state index in [1.165, 1.54) is 25.1 Å². The molecule has 1 fully saturated rings. The largest absolute Gasteiger partial charge is 0.508 e. The number of halogens is 1. The standard InChI is InChI=1S/C21H23ClN4O7/c1-26(2)14-8-4-6-3-7-5-9(22)13(25-24)16(28)10(7)15(27)11(6)18(30)21(8,33)19(31)12(17(14)29)20(23)32/h5-6,8,14,25,27-28,31,33H,3-4,24H2,1-2H3,(H2,23,32). The van der Waals surface area contributed by atoms with Gasteiger partial charge in [0.05, 0.1) is 16.6 Å². The van der Waals surface area contributed by atoms with Crippen LogP contribution in [-0.4, -0.2) is 68.5 Å². The van der Waals surface area contributed by atoms with Crippen molar-refractivity contribution in [1.82, 2.24) is 4.90 Å². The quantitative estimate of drug-likeness (QED) is 0.133. The number of Topliss-reactive ketones (excluding diaryl/α,β-unsaturated/α-hetero) is 2. The highest BCUT2D eigenvalue weighted by Crippen LogP contribution is 2.53. The predicted molar refractivity (Wildman–Crippen MR) is 117 cm³/mol. The number of aromatic hydroxyl groups is 1. The number of nitrogens with two attached hydrogens (primary N) is 2. The van der Waals surface area contributed by atoms with E-state index in [2.05, 4.69) is 5.43 Å². The van der Waals surface area contributed by atoms with Crippen LogP contribution < -0.4 is 17.0 Å². The van der Waals surface area contributed by atoms with Crippen molar-refractivity contribution in [2.45, 2.75) is 24.5 Å². The molecule has 4 rings (SSSR count). The Hall–Kier alpha value is -3.12. The Morgan fingerprint density at radius 2 is 1.91 bits per heavy atom. The van der Waals surface area contributed by atoms with Gasteiger partial charge in [-0.2, -0.15) is 0 Å². The average Bonchev–Trinajstić information content (AvgIpc) is 2.70. The summed E-state index contributed by atoms with van der Waals surface area (Å²) in [4.78, 5) is 40.0. The smallest absolute Gasteiger partial charge is 0.255 e. The van der Waals surface area contributed by atoms with Crippen LogP contribution in [0, 0.1) is 11.8 Å². The molecule has 9 N–H and O–H groups in total. The summed E-state index contributed by atoms with van der Waals surface area (Å²) in [5.41, 5.74) is 3.99. The van der Waals surface area contributed by atoms with Gasteiger partial charge in [0.1, 0.15) is 22.8 Å². The molecule has 4 unspecified atom stereocenters. The predicted octanol–water partition coefficient (Wildman–Crippen LogP) is -0.0970. The van der Waals surface area contributed by atoms with Gasteiger partial charge in [0.2, 0.25) is 5.78 Å². The molecule has 1 amide bonds. The fourth-order valence-corrected chi connectivity index (χ4v) is 5.68. The maximum atomic E-state index is 13.6. The monoisotopic (exact) mass is 478 g/mol. The minimum Gasteiger partial charge on any atom is -0.508 e. The molecule has 3 aliphatic rings. The summed E-state index contributed by atoms with van der Waals surface area (Å²) < 4.78 is 0. The van der Waals surface area contributed by atoms with Crippen molar-refractivity contribution in [1.29, 1.82) is 0 Å². The number of ketones is 2. The second-order valence-corrected chi connectivity index (χ2v) is 9.13. The fraction of sp³-hybridized carbons (Fsp3) is 0.381. The summed E-state index contributed by atoms with van der Waals surface area (Å²) in [6.07, 6.45) is 0.147. The number of carbonyl (C=O) groups is 3. The summed E-state index contributed by atoms with van der Waals surface area (Å²) in [5.74, 6) is -1.82. The fourth-order valence-electron chi connectivity index (χ4n) is 5.40. The number of hydrogen-bond acceptors (Lipinski definition) is 10. The molecular weight excluding hydrogens is 456 g/mol. The number of phenolic OH excluding ortho intramolecular Hbond substituents is 1. The highest BCUT2D eigenvalue weighted by Gasteiger charge is 2.64. The van der Waals surface area contributed by atoms with Crippen LogP contribution in [0.3, 0.4) is 0 Å². The van der Waals surface area contributed by atoms with Gasteiger partial charge in [-0.25, -0.2) is 0 Å². The van der Waals surface area contributed by atoms with Crippen LogP contribution in [0.25, 0.3) is 5.76 Å². The number of rotatable bonds is 3. The molecule has 1 aromatic carbocycles. The van der Waals surface area contributed by atoms with Crippen molar-refractivity contribution in [3.8, 4) is 5.75 Å². The van der Waals surface area contributed by atoms with E-state index in [0.717, 1.165) is 0 Å². The van der Waals surface area contributed by atoms with E-state index in [-0.39, 0.29) is 34.7 Å². The summed E-state index contributed by atoms with van der Waals surface area (Å²) in [7, 11) is 3.07. The van der Waals surface area contributed by atoms with E-state index in [0.29, 0.717) is 5.56 Å². The number of nitrogen functional groups attached to an aromatic ring is 1. The Balaban J connectivity index is 1.99. The lowest BCUT2D eigenvalue weighted by molar-refractivity contribution is -0.153. The lowest BCUT2D eigenvalue weighted by Gasteiger charge is -2.50. The van der Waals surface area contributed by atoms with Gasteiger partial charge in [-0.1, -0.05) is 11.6 Å². The van der Waals surface area contributed by atoms with E-state index in [4.69, 9.17) is 23.2 Å². The number of aliphatic hydroxyl groups excluding tert-OH is 2. The number of likely N-dealkylation sites (N-methyl/N-ethyl adjacent to an activating group) is 1. The maximum absolute atomic E-state index is 13.6. The highest BCUT2D eigenvalue weighted by molar-refractivity contribution is 6.34. The average molecular weight is 479 g/mol. The summed E-state index contributed by atoms with van der Waals surface area (Å²) in [6, 6.07) is 0.352. The molecule has 33 heavy (non-hydrogen) atoms. The molecule has 0 spiro atoms. The molecule has 11 nitrogen and oxygen atoms in total. The van der Waals surface area contributed by atoms with Crippen molar-refractivity contribution in [3.63, 3.8) is 0 Å². The number of amides is 1. The zero-order chi connectivity index (χ0) is 24.6. The number of fused-ring (bicyclic) bond motifs is 3. The van der Waals surface area contributed by atoms with Crippen molar-refractivity contribution in [2.75, 3.05) is 19.5 Å². The number of phenols is 1. The van der Waals surface area contributed by atoms with Gasteiger partial charge in [0, 0.05) is 11.5 Å². The molecule has 0 aliphatic heterocycles. The van der Waals surface area contributed by atoms with Gasteiger partial charge in [-0.3, -0.25) is 25.1 Å². The minimum absolute atomic E-state index is 0.00102. The lowest BCUT2D eigenvalue weighted by atomic mass is 9.57. The minimum atomic E-state index is -2.68. The van der Waals surface area contributed by atoms with E-state index in [9.17, 15) is 34.8 Å². The summed E-state index contributed by atoms with van der Waals surface area (Å²) in [6.45, 7) is 0. The third-order valence-corrected chi connectivity index (χ3v) is 7.11. The van der Waals surface area contributed by atoms with E-state index >= 15 is 0 Å². The van der Waals surface area contributed by atoms with Crippen LogP contribution in [0.5, 0.6) is 5.75 Å². The van der Waals surface area contributed by atoms with Gasteiger partial charge in [0.15, 0.2) is 17.1 Å². The SMILES string of the molecule is CN(C)C1C(=O)C(C(N)=O)=C(O)C2(O)C(=O)C3=C(O)c4c(cc(Cl)c(NN)c4O)CC3CC12. The number of nitrogens with one attached hydrogen (secondary N) is 1. The Bertz CT molecular complexity index is 1190. The van der Waals surface area contributed by atoms with Crippen LogP contribution in [0.4, 0.5) is 5.69 Å². The van der Waals surface area contributed by atoms with Crippen LogP contribution in [0.15, 0.2) is 23.0 Å².